The molecule has 9 heteroatoms. The zero-order chi connectivity index (χ0) is 26.8. The number of aliphatic imine (C=N–C) groups is 1. The van der Waals surface area contributed by atoms with Crippen LogP contribution in [0.5, 0.6) is 0 Å². The van der Waals surface area contributed by atoms with Crippen LogP contribution in [0.4, 0.5) is 5.69 Å². The Morgan fingerprint density at radius 3 is 2.53 bits per heavy atom. The van der Waals surface area contributed by atoms with Crippen LogP contribution in [0.1, 0.15) is 28.4 Å². The zero-order valence-corrected chi connectivity index (χ0v) is 23.0. The molecule has 4 aromatic rings. The first kappa shape index (κ1) is 26.1. The molecule has 2 heterocycles. The molecule has 0 aliphatic carbocycles. The van der Waals surface area contributed by atoms with Gasteiger partial charge in [-0.05, 0) is 72.8 Å². The summed E-state index contributed by atoms with van der Waals surface area (Å²) in [6.45, 7) is 3.01. The Bertz CT molecular complexity index is 1610. The van der Waals surface area contributed by atoms with Gasteiger partial charge in [-0.15, -0.1) is 0 Å². The molecule has 192 valence electrons. The van der Waals surface area contributed by atoms with Gasteiger partial charge in [0.1, 0.15) is 0 Å². The van der Waals surface area contributed by atoms with Crippen LogP contribution in [0, 0.1) is 0 Å². The van der Waals surface area contributed by atoms with Gasteiger partial charge >= 0.3 is 5.97 Å². The number of thioether (sulfide) groups is 1. The van der Waals surface area contributed by atoms with E-state index in [1.807, 2.05) is 49.5 Å². The van der Waals surface area contributed by atoms with E-state index in [-0.39, 0.29) is 5.91 Å². The van der Waals surface area contributed by atoms with E-state index >= 15 is 0 Å². The Morgan fingerprint density at radius 2 is 1.82 bits per heavy atom. The second kappa shape index (κ2) is 11.1. The monoisotopic (exact) mass is 563 g/mol. The van der Waals surface area contributed by atoms with Gasteiger partial charge in [0.25, 0.3) is 5.91 Å². The molecule has 0 saturated carbocycles. The third kappa shape index (κ3) is 5.23. The predicted octanol–water partition coefficient (Wildman–Crippen LogP) is 7.41. The van der Waals surface area contributed by atoms with Crippen molar-refractivity contribution in [2.75, 3.05) is 13.7 Å². The molecule has 0 spiro atoms. The first-order valence-electron chi connectivity index (χ1n) is 11.9. The van der Waals surface area contributed by atoms with Crippen LogP contribution in [0.15, 0.2) is 82.8 Å². The standard InChI is InChI=1S/C29H23Cl2N3O3S/c1-3-34-27(35)26(38-29(34)32-21-11-9-19(10-12-21)28(36)37-2)15-20-17-33(25-7-5-4-6-22(20)25)16-18-8-13-23(30)24(31)14-18/h4-15,17H,3,16H2,1-2H3/b26-15+,32-29?. The molecule has 0 radical (unpaired) electrons. The summed E-state index contributed by atoms with van der Waals surface area (Å²) in [5.74, 6) is -0.503. The van der Waals surface area contributed by atoms with Crippen molar-refractivity contribution in [1.29, 1.82) is 0 Å². The number of esters is 1. The normalized spacial score (nSPS) is 15.7. The number of hydrogen-bond donors (Lipinski definition) is 0. The Labute approximate surface area is 234 Å². The molecular weight excluding hydrogens is 541 g/mol. The first-order chi connectivity index (χ1) is 18.4. The van der Waals surface area contributed by atoms with Crippen LogP contribution in [0.2, 0.25) is 10.0 Å². The SMILES string of the molecule is CCN1C(=O)/C(=C\c2cn(Cc3ccc(Cl)c(Cl)c3)c3ccccc23)SC1=Nc1ccc(C(=O)OC)cc1. The highest BCUT2D eigenvalue weighted by atomic mass is 35.5. The number of rotatable bonds is 6. The molecule has 3 aromatic carbocycles. The van der Waals surface area contributed by atoms with Gasteiger partial charge in [-0.25, -0.2) is 9.79 Å². The lowest BCUT2D eigenvalue weighted by Crippen LogP contribution is -2.28. The van der Waals surface area contributed by atoms with E-state index in [2.05, 4.69) is 15.6 Å². The van der Waals surface area contributed by atoms with E-state index in [1.54, 1.807) is 35.2 Å². The van der Waals surface area contributed by atoms with Crippen LogP contribution in [-0.2, 0) is 16.1 Å². The molecule has 0 unspecified atom stereocenters. The highest BCUT2D eigenvalue weighted by Gasteiger charge is 2.32. The molecular formula is C29H23Cl2N3O3S. The van der Waals surface area contributed by atoms with Crippen molar-refractivity contribution in [2.24, 2.45) is 4.99 Å². The van der Waals surface area contributed by atoms with E-state index in [9.17, 15) is 9.59 Å². The van der Waals surface area contributed by atoms with Crippen LogP contribution < -0.4 is 0 Å². The van der Waals surface area contributed by atoms with Gasteiger partial charge in [0.2, 0.25) is 0 Å². The Balaban J connectivity index is 1.47. The van der Waals surface area contributed by atoms with Gasteiger partial charge in [-0.2, -0.15) is 0 Å². The van der Waals surface area contributed by atoms with Crippen molar-refractivity contribution in [1.82, 2.24) is 9.47 Å². The fourth-order valence-electron chi connectivity index (χ4n) is 4.27. The average Bonchev–Trinajstić information content (AvgIpc) is 3.42. The van der Waals surface area contributed by atoms with E-state index in [0.717, 1.165) is 22.0 Å². The van der Waals surface area contributed by atoms with Crippen molar-refractivity contribution < 1.29 is 14.3 Å². The summed E-state index contributed by atoms with van der Waals surface area (Å²) in [5, 5.41) is 2.67. The number of hydrogen-bond acceptors (Lipinski definition) is 5. The maximum Gasteiger partial charge on any atom is 0.337 e. The molecule has 1 fully saturated rings. The lowest BCUT2D eigenvalue weighted by atomic mass is 10.1. The molecule has 1 aliphatic heterocycles. The lowest BCUT2D eigenvalue weighted by Gasteiger charge is -2.12. The number of carbonyl (C=O) groups excluding carboxylic acids is 2. The number of carbonyl (C=O) groups is 2. The molecule has 0 bridgehead atoms. The van der Waals surface area contributed by atoms with Crippen molar-refractivity contribution in [2.45, 2.75) is 13.5 Å². The number of methoxy groups -OCH3 is 1. The van der Waals surface area contributed by atoms with Crippen LogP contribution in [-0.4, -0.2) is 40.2 Å². The van der Waals surface area contributed by atoms with Crippen LogP contribution >= 0.6 is 35.0 Å². The van der Waals surface area contributed by atoms with Crippen LogP contribution in [0.25, 0.3) is 17.0 Å². The molecule has 0 N–H and O–H groups in total. The fraction of sp³-hybridized carbons (Fsp3) is 0.138. The number of halogens is 2. The Morgan fingerprint density at radius 1 is 1.05 bits per heavy atom. The summed E-state index contributed by atoms with van der Waals surface area (Å²) in [6, 6.07) is 20.5. The second-order valence-electron chi connectivity index (χ2n) is 8.57. The Kier molecular flexibility index (Phi) is 7.61. The third-order valence-electron chi connectivity index (χ3n) is 6.16. The van der Waals surface area contributed by atoms with Gasteiger partial charge in [0.05, 0.1) is 33.3 Å². The third-order valence-corrected chi connectivity index (χ3v) is 7.91. The van der Waals surface area contributed by atoms with E-state index < -0.39 is 5.97 Å². The fourth-order valence-corrected chi connectivity index (χ4v) is 5.64. The minimum absolute atomic E-state index is 0.0938. The first-order valence-corrected chi connectivity index (χ1v) is 13.5. The summed E-state index contributed by atoms with van der Waals surface area (Å²) >= 11 is 13.7. The van der Waals surface area contributed by atoms with Crippen molar-refractivity contribution in [3.05, 3.63) is 105 Å². The molecule has 1 saturated heterocycles. The molecule has 5 rings (SSSR count). The van der Waals surface area contributed by atoms with Gasteiger partial charge < -0.3 is 9.30 Å². The number of nitrogens with zero attached hydrogens (tertiary/aromatic N) is 3. The summed E-state index contributed by atoms with van der Waals surface area (Å²) in [5.41, 5.74) is 4.10. The molecule has 38 heavy (non-hydrogen) atoms. The van der Waals surface area contributed by atoms with Crippen molar-refractivity contribution in [3.8, 4) is 0 Å². The molecule has 1 aromatic heterocycles. The van der Waals surface area contributed by atoms with E-state index in [0.29, 0.717) is 44.5 Å². The summed E-state index contributed by atoms with van der Waals surface area (Å²) in [4.78, 5) is 31.9. The molecule has 6 nitrogen and oxygen atoms in total. The number of amidine groups is 1. The number of amides is 1. The summed E-state index contributed by atoms with van der Waals surface area (Å²) in [7, 11) is 1.34. The lowest BCUT2D eigenvalue weighted by molar-refractivity contribution is -0.122. The number of fused-ring (bicyclic) bond motifs is 1. The molecule has 1 amide bonds. The summed E-state index contributed by atoms with van der Waals surface area (Å²) < 4.78 is 6.89. The number of benzene rings is 3. The minimum atomic E-state index is -0.409. The minimum Gasteiger partial charge on any atom is -0.465 e. The van der Waals surface area contributed by atoms with E-state index in [1.165, 1.54) is 18.9 Å². The van der Waals surface area contributed by atoms with Gasteiger partial charge in [-0.1, -0.05) is 47.5 Å². The number of para-hydroxylation sites is 1. The summed E-state index contributed by atoms with van der Waals surface area (Å²) in [6.07, 6.45) is 3.97. The maximum absolute atomic E-state index is 13.3. The second-order valence-corrected chi connectivity index (χ2v) is 10.4. The van der Waals surface area contributed by atoms with Gasteiger partial charge in [-0.3, -0.25) is 9.69 Å². The Hall–Kier alpha value is -3.52. The van der Waals surface area contributed by atoms with Crippen molar-refractivity contribution in [3.63, 3.8) is 0 Å². The number of ether oxygens (including phenoxy) is 1. The van der Waals surface area contributed by atoms with Gasteiger partial charge in [0.15, 0.2) is 5.17 Å². The number of likely N-dealkylation sites (N-methyl/N-ethyl adjacent to an activating group) is 1. The topological polar surface area (TPSA) is 63.9 Å². The zero-order valence-electron chi connectivity index (χ0n) is 20.7. The van der Waals surface area contributed by atoms with Gasteiger partial charge in [0, 0.05) is 35.8 Å². The van der Waals surface area contributed by atoms with E-state index in [4.69, 9.17) is 27.9 Å². The average molecular weight is 564 g/mol. The quantitative estimate of drug-likeness (QED) is 0.181. The van der Waals surface area contributed by atoms with Crippen molar-refractivity contribution >= 4 is 74.7 Å². The maximum atomic E-state index is 13.3. The predicted molar refractivity (Wildman–Crippen MR) is 155 cm³/mol. The molecule has 0 atom stereocenters. The highest BCUT2D eigenvalue weighted by molar-refractivity contribution is 8.18. The largest absolute Gasteiger partial charge is 0.465 e. The molecule has 1 aliphatic rings. The highest BCUT2D eigenvalue weighted by Crippen LogP contribution is 2.36. The number of aromatic nitrogens is 1. The van der Waals surface area contributed by atoms with Crippen LogP contribution in [0.3, 0.4) is 0 Å². The smallest absolute Gasteiger partial charge is 0.337 e.